The minimum absolute atomic E-state index is 0.0735. The van der Waals surface area contributed by atoms with Crippen LogP contribution in [0.1, 0.15) is 18.4 Å². The molecular formula is C10H11O3. The van der Waals surface area contributed by atoms with Crippen LogP contribution in [0.5, 0.6) is 11.5 Å². The molecule has 0 fully saturated rings. The maximum absolute atomic E-state index is 10.4. The maximum Gasteiger partial charge on any atom is 0.206 e. The summed E-state index contributed by atoms with van der Waals surface area (Å²) in [4.78, 5) is 10.4. The molecule has 13 heavy (non-hydrogen) atoms. The highest BCUT2D eigenvalue weighted by Gasteiger charge is 2.08. The molecule has 0 heterocycles. The summed E-state index contributed by atoms with van der Waals surface area (Å²) < 4.78 is 4.90. The second-order valence-corrected chi connectivity index (χ2v) is 2.77. The first kappa shape index (κ1) is 9.58. The van der Waals surface area contributed by atoms with E-state index in [2.05, 4.69) is 0 Å². The number of hydrogen-bond donors (Lipinski definition) is 1. The molecule has 0 aliphatic carbocycles. The summed E-state index contributed by atoms with van der Waals surface area (Å²) in [5.74, 6) is 0.151. The van der Waals surface area contributed by atoms with Crippen LogP contribution in [0.15, 0.2) is 18.2 Å². The monoisotopic (exact) mass is 179 g/mol. The van der Waals surface area contributed by atoms with Gasteiger partial charge in [-0.3, -0.25) is 4.79 Å². The van der Waals surface area contributed by atoms with Gasteiger partial charge in [0.2, 0.25) is 6.29 Å². The van der Waals surface area contributed by atoms with E-state index in [1.165, 1.54) is 13.2 Å². The number of methoxy groups -OCH3 is 1. The predicted octanol–water partition coefficient (Wildman–Crippen LogP) is 1.61. The first-order valence-electron chi connectivity index (χ1n) is 3.93. The quantitative estimate of drug-likeness (QED) is 0.766. The minimum atomic E-state index is -0.297. The largest absolute Gasteiger partial charge is 0.504 e. The first-order valence-corrected chi connectivity index (χ1v) is 3.93. The number of phenolic OH excluding ortho intramolecular Hbond substituents is 1. The number of hydrogen-bond acceptors (Lipinski definition) is 3. The summed E-state index contributed by atoms with van der Waals surface area (Å²) >= 11 is 0. The fourth-order valence-electron chi connectivity index (χ4n) is 1.03. The van der Waals surface area contributed by atoms with Crippen molar-refractivity contribution in [2.75, 3.05) is 7.11 Å². The zero-order chi connectivity index (χ0) is 9.84. The Hall–Kier alpha value is -1.51. The molecule has 0 aliphatic rings. The maximum atomic E-state index is 10.4. The van der Waals surface area contributed by atoms with Crippen molar-refractivity contribution < 1.29 is 14.6 Å². The second kappa shape index (κ2) is 3.94. The van der Waals surface area contributed by atoms with Crippen LogP contribution in [0, 0.1) is 0 Å². The lowest BCUT2D eigenvalue weighted by Crippen LogP contribution is -1.94. The van der Waals surface area contributed by atoms with E-state index < -0.39 is 0 Å². The molecule has 1 atom stereocenters. The fraction of sp³-hybridized carbons (Fsp3) is 0.300. The minimum Gasteiger partial charge on any atom is -0.504 e. The first-order chi connectivity index (χ1) is 6.19. The Labute approximate surface area is 77.0 Å². The zero-order valence-corrected chi connectivity index (χ0v) is 7.57. The molecule has 0 bridgehead atoms. The summed E-state index contributed by atoms with van der Waals surface area (Å²) in [5.41, 5.74) is 0.782. The number of carbonyl (C=O) groups excluding carboxylic acids is 1. The lowest BCUT2D eigenvalue weighted by atomic mass is 10.0. The lowest BCUT2D eigenvalue weighted by molar-refractivity contribution is 0.373. The van der Waals surface area contributed by atoms with Crippen LogP contribution >= 0.6 is 0 Å². The molecule has 0 saturated heterocycles. The van der Waals surface area contributed by atoms with Crippen LogP contribution in [-0.2, 0) is 4.79 Å². The molecule has 0 saturated carbocycles. The van der Waals surface area contributed by atoms with Gasteiger partial charge in [-0.15, -0.1) is 0 Å². The molecule has 69 valence electrons. The predicted molar refractivity (Wildman–Crippen MR) is 48.8 cm³/mol. The molecule has 0 amide bonds. The molecule has 1 aromatic carbocycles. The van der Waals surface area contributed by atoms with Gasteiger partial charge in [0.1, 0.15) is 0 Å². The van der Waals surface area contributed by atoms with Gasteiger partial charge in [0, 0.05) is 5.92 Å². The topological polar surface area (TPSA) is 46.5 Å². The average Bonchev–Trinajstić information content (AvgIpc) is 2.17. The SMILES string of the molecule is COc1cc(C(C)[C]=O)ccc1O. The van der Waals surface area contributed by atoms with Crippen LogP contribution in [0.4, 0.5) is 0 Å². The number of benzene rings is 1. The van der Waals surface area contributed by atoms with Gasteiger partial charge in [-0.05, 0) is 17.7 Å². The molecule has 1 rings (SSSR count). The van der Waals surface area contributed by atoms with E-state index >= 15 is 0 Å². The van der Waals surface area contributed by atoms with Gasteiger partial charge in [-0.2, -0.15) is 0 Å². The third-order valence-electron chi connectivity index (χ3n) is 1.88. The Bertz CT molecular complexity index is 307. The van der Waals surface area contributed by atoms with Crippen molar-refractivity contribution in [1.29, 1.82) is 0 Å². The number of phenols is 1. The summed E-state index contributed by atoms with van der Waals surface area (Å²) in [5, 5.41) is 9.27. The highest BCUT2D eigenvalue weighted by molar-refractivity contribution is 5.63. The molecule has 3 heteroatoms. The smallest absolute Gasteiger partial charge is 0.206 e. The highest BCUT2D eigenvalue weighted by Crippen LogP contribution is 2.28. The molecule has 1 N–H and O–H groups in total. The third-order valence-corrected chi connectivity index (χ3v) is 1.88. The lowest BCUT2D eigenvalue weighted by Gasteiger charge is -2.07. The third kappa shape index (κ3) is 1.99. The van der Waals surface area contributed by atoms with E-state index in [1.54, 1.807) is 19.1 Å². The molecule has 3 nitrogen and oxygen atoms in total. The van der Waals surface area contributed by atoms with Gasteiger partial charge in [0.05, 0.1) is 7.11 Å². The van der Waals surface area contributed by atoms with Gasteiger partial charge >= 0.3 is 0 Å². The Kier molecular flexibility index (Phi) is 2.90. The second-order valence-electron chi connectivity index (χ2n) is 2.77. The van der Waals surface area contributed by atoms with E-state index in [0.29, 0.717) is 5.75 Å². The van der Waals surface area contributed by atoms with Crippen molar-refractivity contribution in [3.63, 3.8) is 0 Å². The Morgan fingerprint density at radius 3 is 2.77 bits per heavy atom. The van der Waals surface area contributed by atoms with Crippen LogP contribution < -0.4 is 4.74 Å². The molecule has 0 aliphatic heterocycles. The molecule has 0 aromatic heterocycles. The van der Waals surface area contributed by atoms with Crippen LogP contribution in [-0.4, -0.2) is 18.5 Å². The van der Waals surface area contributed by atoms with Crippen molar-refractivity contribution in [1.82, 2.24) is 0 Å². The van der Waals surface area contributed by atoms with E-state index in [4.69, 9.17) is 4.74 Å². The summed E-state index contributed by atoms with van der Waals surface area (Å²) in [6.07, 6.45) is 1.86. The highest BCUT2D eigenvalue weighted by atomic mass is 16.5. The van der Waals surface area contributed by atoms with Crippen molar-refractivity contribution in [3.8, 4) is 11.5 Å². The molecule has 0 spiro atoms. The van der Waals surface area contributed by atoms with E-state index in [-0.39, 0.29) is 11.7 Å². The fourth-order valence-corrected chi connectivity index (χ4v) is 1.03. The van der Waals surface area contributed by atoms with Gasteiger partial charge in [-0.25, -0.2) is 0 Å². The summed E-state index contributed by atoms with van der Waals surface area (Å²) in [6.45, 7) is 1.73. The van der Waals surface area contributed by atoms with E-state index in [9.17, 15) is 9.90 Å². The standard InChI is InChI=1S/C10H11O3/c1-7(6-11)8-3-4-9(12)10(5-8)13-2/h3-5,7,12H,1-2H3. The normalized spacial score (nSPS) is 12.2. The van der Waals surface area contributed by atoms with E-state index in [1.807, 2.05) is 6.29 Å². The van der Waals surface area contributed by atoms with Gasteiger partial charge in [-0.1, -0.05) is 13.0 Å². The van der Waals surface area contributed by atoms with Crippen LogP contribution in [0.2, 0.25) is 0 Å². The Morgan fingerprint density at radius 2 is 2.23 bits per heavy atom. The van der Waals surface area contributed by atoms with Crippen molar-refractivity contribution in [2.45, 2.75) is 12.8 Å². The number of ether oxygens (including phenoxy) is 1. The summed E-state index contributed by atoms with van der Waals surface area (Å²) in [6, 6.07) is 4.81. The molecular weight excluding hydrogens is 168 g/mol. The van der Waals surface area contributed by atoms with Crippen LogP contribution in [0.25, 0.3) is 0 Å². The van der Waals surface area contributed by atoms with Gasteiger partial charge in [0.15, 0.2) is 11.5 Å². The number of rotatable bonds is 3. The average molecular weight is 179 g/mol. The van der Waals surface area contributed by atoms with E-state index in [0.717, 1.165) is 5.56 Å². The Morgan fingerprint density at radius 1 is 1.54 bits per heavy atom. The van der Waals surface area contributed by atoms with Gasteiger partial charge < -0.3 is 9.84 Å². The van der Waals surface area contributed by atoms with Crippen molar-refractivity contribution in [2.24, 2.45) is 0 Å². The summed E-state index contributed by atoms with van der Waals surface area (Å²) in [7, 11) is 1.47. The molecule has 1 unspecified atom stereocenters. The zero-order valence-electron chi connectivity index (χ0n) is 7.57. The Balaban J connectivity index is 3.05. The molecule has 1 radical (unpaired) electrons. The van der Waals surface area contributed by atoms with Crippen molar-refractivity contribution in [3.05, 3.63) is 23.8 Å². The van der Waals surface area contributed by atoms with Crippen molar-refractivity contribution >= 4 is 6.29 Å². The number of aromatic hydroxyl groups is 1. The van der Waals surface area contributed by atoms with Crippen LogP contribution in [0.3, 0.4) is 0 Å². The molecule has 1 aromatic rings. The van der Waals surface area contributed by atoms with Gasteiger partial charge in [0.25, 0.3) is 0 Å².